The lowest BCUT2D eigenvalue weighted by Crippen LogP contribution is -2.48. The molecule has 1 unspecified atom stereocenters. The van der Waals surface area contributed by atoms with Crippen molar-refractivity contribution in [2.45, 2.75) is 52.1 Å². The number of unbranched alkanes of at least 4 members (excludes halogenated alkanes) is 1. The fraction of sp³-hybridized carbons (Fsp3) is 0.440. The lowest BCUT2D eigenvalue weighted by molar-refractivity contribution is -0.140. The van der Waals surface area contributed by atoms with Gasteiger partial charge in [-0.1, -0.05) is 43.1 Å². The first-order chi connectivity index (χ1) is 16.5. The quantitative estimate of drug-likeness (QED) is 0.394. The summed E-state index contributed by atoms with van der Waals surface area (Å²) in [5.74, 6) is -0.962. The average Bonchev–Trinajstić information content (AvgIpc) is 2.80. The van der Waals surface area contributed by atoms with E-state index in [4.69, 9.17) is 11.6 Å². The highest BCUT2D eigenvalue weighted by atomic mass is 35.5. The Kier molecular flexibility index (Phi) is 11.0. The smallest absolute Gasteiger partial charge is 0.242 e. The van der Waals surface area contributed by atoms with E-state index in [9.17, 15) is 22.4 Å². The summed E-state index contributed by atoms with van der Waals surface area (Å²) in [6, 6.07) is 11.5. The molecule has 0 aliphatic carbocycles. The molecule has 2 rings (SSSR count). The highest BCUT2D eigenvalue weighted by Crippen LogP contribution is 2.22. The number of halogens is 2. The van der Waals surface area contributed by atoms with Gasteiger partial charge in [0.25, 0.3) is 0 Å². The lowest BCUT2D eigenvalue weighted by atomic mass is 10.1. The number of rotatable bonds is 13. The largest absolute Gasteiger partial charge is 0.354 e. The molecule has 0 radical (unpaired) electrons. The second-order valence-corrected chi connectivity index (χ2v) is 10.7. The zero-order valence-corrected chi connectivity index (χ0v) is 21.9. The van der Waals surface area contributed by atoms with Gasteiger partial charge in [-0.05, 0) is 55.7 Å². The van der Waals surface area contributed by atoms with E-state index in [-0.39, 0.29) is 43.6 Å². The highest BCUT2D eigenvalue weighted by molar-refractivity contribution is 7.92. The molecule has 0 spiro atoms. The molecule has 1 atom stereocenters. The van der Waals surface area contributed by atoms with Gasteiger partial charge in [0.1, 0.15) is 11.9 Å². The van der Waals surface area contributed by atoms with Crippen LogP contribution in [0.2, 0.25) is 5.02 Å². The van der Waals surface area contributed by atoms with Gasteiger partial charge in [0.05, 0.1) is 11.9 Å². The normalized spacial score (nSPS) is 12.1. The van der Waals surface area contributed by atoms with Crippen molar-refractivity contribution < 1.29 is 22.4 Å². The molecular formula is C25H33ClFN3O4S. The Labute approximate surface area is 212 Å². The monoisotopic (exact) mass is 525 g/mol. The summed E-state index contributed by atoms with van der Waals surface area (Å²) in [5, 5.41) is 3.25. The first-order valence-electron chi connectivity index (χ1n) is 11.6. The van der Waals surface area contributed by atoms with E-state index in [0.717, 1.165) is 19.1 Å². The number of benzene rings is 2. The number of carbonyl (C=O) groups is 2. The summed E-state index contributed by atoms with van der Waals surface area (Å²) >= 11 is 6.02. The van der Waals surface area contributed by atoms with Gasteiger partial charge in [0.2, 0.25) is 21.8 Å². The summed E-state index contributed by atoms with van der Waals surface area (Å²) in [5.41, 5.74) is 1.10. The van der Waals surface area contributed by atoms with Crippen LogP contribution in [0, 0.1) is 5.82 Å². The Bertz CT molecular complexity index is 1100. The first-order valence-corrected chi connectivity index (χ1v) is 13.8. The molecule has 0 aromatic heterocycles. The third-order valence-corrected chi connectivity index (χ3v) is 6.94. The van der Waals surface area contributed by atoms with Crippen LogP contribution in [0.1, 0.15) is 45.1 Å². The van der Waals surface area contributed by atoms with Crippen molar-refractivity contribution in [3.05, 3.63) is 64.9 Å². The van der Waals surface area contributed by atoms with Crippen LogP contribution >= 0.6 is 11.6 Å². The van der Waals surface area contributed by atoms with E-state index in [1.807, 2.05) is 6.92 Å². The minimum atomic E-state index is -3.60. The zero-order valence-electron chi connectivity index (χ0n) is 20.3. The SMILES string of the molecule is CCCCNC(=O)C(C)N(Cc1ccc(F)cc1)C(=O)CCCN(c1cccc(Cl)c1)S(C)(=O)=O. The van der Waals surface area contributed by atoms with Crippen molar-refractivity contribution in [3.63, 3.8) is 0 Å². The van der Waals surface area contributed by atoms with Crippen molar-refractivity contribution >= 4 is 39.1 Å². The van der Waals surface area contributed by atoms with E-state index in [1.165, 1.54) is 21.3 Å². The number of hydrogen-bond donors (Lipinski definition) is 1. The maximum atomic E-state index is 13.3. The van der Waals surface area contributed by atoms with Crippen molar-refractivity contribution in [2.24, 2.45) is 0 Å². The summed E-state index contributed by atoms with van der Waals surface area (Å²) in [4.78, 5) is 27.3. The average molecular weight is 526 g/mol. The van der Waals surface area contributed by atoms with E-state index in [2.05, 4.69) is 5.32 Å². The summed E-state index contributed by atoms with van der Waals surface area (Å²) in [6.45, 7) is 4.39. The first kappa shape index (κ1) is 28.6. The van der Waals surface area contributed by atoms with Crippen LogP contribution in [-0.4, -0.2) is 50.5 Å². The third kappa shape index (κ3) is 9.14. The molecule has 2 amide bonds. The van der Waals surface area contributed by atoms with Crippen molar-refractivity contribution in [1.82, 2.24) is 10.2 Å². The van der Waals surface area contributed by atoms with Gasteiger partial charge in [-0.15, -0.1) is 0 Å². The van der Waals surface area contributed by atoms with Crippen LogP contribution in [-0.2, 0) is 26.2 Å². The predicted molar refractivity (Wildman–Crippen MR) is 137 cm³/mol. The molecule has 0 fully saturated rings. The van der Waals surface area contributed by atoms with Gasteiger partial charge in [0, 0.05) is 31.1 Å². The summed E-state index contributed by atoms with van der Waals surface area (Å²) in [6.07, 6.45) is 3.12. The molecule has 0 saturated carbocycles. The summed E-state index contributed by atoms with van der Waals surface area (Å²) < 4.78 is 39.2. The van der Waals surface area contributed by atoms with Gasteiger partial charge in [-0.25, -0.2) is 12.8 Å². The summed E-state index contributed by atoms with van der Waals surface area (Å²) in [7, 11) is -3.60. The molecule has 2 aromatic rings. The molecule has 0 bridgehead atoms. The Morgan fingerprint density at radius 3 is 2.40 bits per heavy atom. The number of hydrogen-bond acceptors (Lipinski definition) is 4. The van der Waals surface area contributed by atoms with Crippen molar-refractivity contribution in [2.75, 3.05) is 23.7 Å². The van der Waals surface area contributed by atoms with E-state index in [0.29, 0.717) is 22.8 Å². The number of sulfonamides is 1. The fourth-order valence-corrected chi connectivity index (χ4v) is 4.68. The van der Waals surface area contributed by atoms with E-state index in [1.54, 1.807) is 43.3 Å². The maximum Gasteiger partial charge on any atom is 0.242 e. The molecule has 0 heterocycles. The molecule has 10 heteroatoms. The van der Waals surface area contributed by atoms with Gasteiger partial charge < -0.3 is 10.2 Å². The molecular weight excluding hydrogens is 493 g/mol. The van der Waals surface area contributed by atoms with Crippen LogP contribution in [0.15, 0.2) is 48.5 Å². The van der Waals surface area contributed by atoms with E-state index < -0.39 is 16.1 Å². The maximum absolute atomic E-state index is 13.3. The van der Waals surface area contributed by atoms with Crippen LogP contribution in [0.3, 0.4) is 0 Å². The van der Waals surface area contributed by atoms with Gasteiger partial charge in [0.15, 0.2) is 0 Å². The molecule has 2 aromatic carbocycles. The molecule has 1 N–H and O–H groups in total. The van der Waals surface area contributed by atoms with Crippen LogP contribution in [0.5, 0.6) is 0 Å². The predicted octanol–water partition coefficient (Wildman–Crippen LogP) is 4.36. The van der Waals surface area contributed by atoms with E-state index >= 15 is 0 Å². The molecule has 7 nitrogen and oxygen atoms in total. The second-order valence-electron chi connectivity index (χ2n) is 8.39. The zero-order chi connectivity index (χ0) is 26.0. The number of nitrogens with one attached hydrogen (secondary N) is 1. The molecule has 0 saturated heterocycles. The van der Waals surface area contributed by atoms with Crippen molar-refractivity contribution in [3.8, 4) is 0 Å². The lowest BCUT2D eigenvalue weighted by Gasteiger charge is -2.29. The fourth-order valence-electron chi connectivity index (χ4n) is 3.54. The highest BCUT2D eigenvalue weighted by Gasteiger charge is 2.26. The van der Waals surface area contributed by atoms with Gasteiger partial charge >= 0.3 is 0 Å². The van der Waals surface area contributed by atoms with Crippen LogP contribution in [0.4, 0.5) is 10.1 Å². The Morgan fingerprint density at radius 2 is 1.80 bits per heavy atom. The second kappa shape index (κ2) is 13.4. The minimum absolute atomic E-state index is 0.0281. The number of amides is 2. The molecule has 35 heavy (non-hydrogen) atoms. The topological polar surface area (TPSA) is 86.8 Å². The Balaban J connectivity index is 2.13. The third-order valence-electron chi connectivity index (χ3n) is 5.51. The number of carbonyl (C=O) groups excluding carboxylic acids is 2. The molecule has 0 aliphatic heterocycles. The Hall–Kier alpha value is -2.65. The Morgan fingerprint density at radius 1 is 1.11 bits per heavy atom. The minimum Gasteiger partial charge on any atom is -0.354 e. The van der Waals surface area contributed by atoms with Crippen molar-refractivity contribution in [1.29, 1.82) is 0 Å². The molecule has 192 valence electrons. The number of anilines is 1. The standard InChI is InChI=1S/C25H33ClFN3O4S/c1-4-5-15-28-25(32)19(2)29(18-20-11-13-22(27)14-12-20)24(31)10-7-16-30(35(3,33)34)23-9-6-8-21(26)17-23/h6,8-9,11-14,17,19H,4-5,7,10,15-16,18H2,1-3H3,(H,28,32). The number of nitrogens with zero attached hydrogens (tertiary/aromatic N) is 2. The van der Waals surface area contributed by atoms with Gasteiger partial charge in [-0.2, -0.15) is 0 Å². The van der Waals surface area contributed by atoms with Crippen LogP contribution < -0.4 is 9.62 Å². The van der Waals surface area contributed by atoms with Gasteiger partial charge in [-0.3, -0.25) is 13.9 Å². The van der Waals surface area contributed by atoms with Crippen LogP contribution in [0.25, 0.3) is 0 Å². The molecule has 0 aliphatic rings.